The van der Waals surface area contributed by atoms with Crippen LogP contribution < -0.4 is 0 Å². The lowest BCUT2D eigenvalue weighted by Gasteiger charge is -2.31. The van der Waals surface area contributed by atoms with Crippen molar-refractivity contribution >= 4 is 0 Å². The molecule has 0 saturated heterocycles. The second-order valence-corrected chi connectivity index (χ2v) is 5.88. The quantitative estimate of drug-likeness (QED) is 0.880. The van der Waals surface area contributed by atoms with E-state index in [1.807, 2.05) is 4.68 Å². The van der Waals surface area contributed by atoms with E-state index >= 15 is 0 Å². The Kier molecular flexibility index (Phi) is 5.03. The maximum atomic E-state index is 10.7. The van der Waals surface area contributed by atoms with Crippen LogP contribution >= 0.6 is 0 Å². The van der Waals surface area contributed by atoms with Crippen LogP contribution in [0.15, 0.2) is 6.07 Å². The molecule has 0 aliphatic heterocycles. The number of rotatable bonds is 5. The smallest absolute Gasteiger partial charge is 0.0984 e. The molecular formula is C16H28N2O. The SMILES string of the molecule is CCc1cc(C(O)C2CCCC(CC)C2)n(CC)n1. The normalized spacial score (nSPS) is 25.5. The molecule has 1 saturated carbocycles. The fourth-order valence-electron chi connectivity index (χ4n) is 3.38. The molecule has 19 heavy (non-hydrogen) atoms. The number of hydrogen-bond donors (Lipinski definition) is 1. The van der Waals surface area contributed by atoms with Crippen molar-refractivity contribution in [3.63, 3.8) is 0 Å². The van der Waals surface area contributed by atoms with Crippen molar-refractivity contribution in [1.82, 2.24) is 9.78 Å². The predicted molar refractivity (Wildman–Crippen MR) is 78.0 cm³/mol. The minimum Gasteiger partial charge on any atom is -0.387 e. The zero-order valence-corrected chi connectivity index (χ0v) is 12.6. The van der Waals surface area contributed by atoms with Gasteiger partial charge in [0.25, 0.3) is 0 Å². The van der Waals surface area contributed by atoms with Crippen molar-refractivity contribution in [2.45, 2.75) is 71.9 Å². The lowest BCUT2D eigenvalue weighted by atomic mass is 9.77. The van der Waals surface area contributed by atoms with E-state index in [4.69, 9.17) is 0 Å². The molecule has 108 valence electrons. The van der Waals surface area contributed by atoms with Crippen LogP contribution in [-0.2, 0) is 13.0 Å². The Hall–Kier alpha value is -0.830. The summed E-state index contributed by atoms with van der Waals surface area (Å²) in [5.41, 5.74) is 2.12. The van der Waals surface area contributed by atoms with Gasteiger partial charge in [0.1, 0.15) is 0 Å². The highest BCUT2D eigenvalue weighted by atomic mass is 16.3. The first-order chi connectivity index (χ1) is 9.19. The standard InChI is InChI=1S/C16H28N2O/c1-4-12-8-7-9-13(10-12)16(19)15-11-14(5-2)17-18(15)6-3/h11-13,16,19H,4-10H2,1-3H3. The molecule has 3 atom stereocenters. The van der Waals surface area contributed by atoms with Crippen molar-refractivity contribution in [2.24, 2.45) is 11.8 Å². The lowest BCUT2D eigenvalue weighted by Crippen LogP contribution is -2.23. The average Bonchev–Trinajstić information content (AvgIpc) is 2.89. The van der Waals surface area contributed by atoms with Crippen LogP contribution in [0.3, 0.4) is 0 Å². The fraction of sp³-hybridized carbons (Fsp3) is 0.812. The third-order valence-electron chi connectivity index (χ3n) is 4.67. The van der Waals surface area contributed by atoms with Gasteiger partial charge in [0.15, 0.2) is 0 Å². The van der Waals surface area contributed by atoms with Gasteiger partial charge in [-0.15, -0.1) is 0 Å². The molecule has 0 spiro atoms. The highest BCUT2D eigenvalue weighted by molar-refractivity contribution is 5.14. The van der Waals surface area contributed by atoms with E-state index in [-0.39, 0.29) is 6.10 Å². The van der Waals surface area contributed by atoms with Crippen LogP contribution in [0.4, 0.5) is 0 Å². The largest absolute Gasteiger partial charge is 0.387 e. The molecule has 1 aromatic heterocycles. The monoisotopic (exact) mass is 264 g/mol. The Morgan fingerprint density at radius 2 is 2.16 bits per heavy atom. The minimum atomic E-state index is -0.331. The first kappa shape index (κ1) is 14.6. The molecule has 1 aliphatic carbocycles. The van der Waals surface area contributed by atoms with E-state index in [1.165, 1.54) is 25.7 Å². The number of aliphatic hydroxyl groups is 1. The molecule has 0 radical (unpaired) electrons. The van der Waals surface area contributed by atoms with E-state index < -0.39 is 0 Å². The van der Waals surface area contributed by atoms with E-state index in [2.05, 4.69) is 31.9 Å². The van der Waals surface area contributed by atoms with Gasteiger partial charge >= 0.3 is 0 Å². The van der Waals surface area contributed by atoms with Crippen LogP contribution in [0, 0.1) is 11.8 Å². The molecule has 1 N–H and O–H groups in total. The highest BCUT2D eigenvalue weighted by Crippen LogP contribution is 2.38. The molecule has 3 nitrogen and oxygen atoms in total. The third-order valence-corrected chi connectivity index (χ3v) is 4.67. The average molecular weight is 264 g/mol. The summed E-state index contributed by atoms with van der Waals surface area (Å²) < 4.78 is 1.99. The van der Waals surface area contributed by atoms with E-state index in [0.29, 0.717) is 5.92 Å². The Bertz CT molecular complexity index is 399. The summed E-state index contributed by atoms with van der Waals surface area (Å²) in [4.78, 5) is 0. The summed E-state index contributed by atoms with van der Waals surface area (Å²) in [5.74, 6) is 1.22. The van der Waals surface area contributed by atoms with Crippen molar-refractivity contribution in [3.05, 3.63) is 17.5 Å². The first-order valence-electron chi connectivity index (χ1n) is 7.94. The number of hydrogen-bond acceptors (Lipinski definition) is 2. The molecule has 3 unspecified atom stereocenters. The summed E-state index contributed by atoms with van der Waals surface area (Å²) in [7, 11) is 0. The van der Waals surface area contributed by atoms with Crippen molar-refractivity contribution in [3.8, 4) is 0 Å². The maximum absolute atomic E-state index is 10.7. The second-order valence-electron chi connectivity index (χ2n) is 5.88. The fourth-order valence-corrected chi connectivity index (χ4v) is 3.38. The van der Waals surface area contributed by atoms with Crippen LogP contribution in [0.1, 0.15) is 70.4 Å². The molecule has 1 aromatic rings. The van der Waals surface area contributed by atoms with Gasteiger partial charge in [0, 0.05) is 6.54 Å². The second kappa shape index (κ2) is 6.56. The summed E-state index contributed by atoms with van der Waals surface area (Å²) in [5, 5.41) is 15.3. The van der Waals surface area contributed by atoms with Gasteiger partial charge in [-0.2, -0.15) is 5.10 Å². The number of aryl methyl sites for hydroxylation is 2. The number of aliphatic hydroxyl groups excluding tert-OH is 1. The zero-order valence-electron chi connectivity index (χ0n) is 12.6. The molecule has 1 heterocycles. The maximum Gasteiger partial charge on any atom is 0.0984 e. The minimum absolute atomic E-state index is 0.331. The molecule has 0 aromatic carbocycles. The molecule has 1 aliphatic rings. The van der Waals surface area contributed by atoms with Crippen LogP contribution in [0.25, 0.3) is 0 Å². The first-order valence-corrected chi connectivity index (χ1v) is 7.94. The van der Waals surface area contributed by atoms with Crippen molar-refractivity contribution < 1.29 is 5.11 Å². The summed E-state index contributed by atoms with van der Waals surface area (Å²) in [6, 6.07) is 2.10. The number of nitrogens with zero attached hydrogens (tertiary/aromatic N) is 2. The van der Waals surface area contributed by atoms with Gasteiger partial charge in [-0.1, -0.05) is 33.1 Å². The summed E-state index contributed by atoms with van der Waals surface area (Å²) in [6.45, 7) is 7.33. The van der Waals surface area contributed by atoms with Gasteiger partial charge in [-0.3, -0.25) is 4.68 Å². The Morgan fingerprint density at radius 1 is 1.37 bits per heavy atom. The topological polar surface area (TPSA) is 38.0 Å². The Balaban J connectivity index is 2.13. The van der Waals surface area contributed by atoms with E-state index in [1.54, 1.807) is 0 Å². The van der Waals surface area contributed by atoms with Crippen molar-refractivity contribution in [1.29, 1.82) is 0 Å². The van der Waals surface area contributed by atoms with Crippen LogP contribution in [0.5, 0.6) is 0 Å². The van der Waals surface area contributed by atoms with Crippen LogP contribution in [0.2, 0.25) is 0 Å². The molecular weight excluding hydrogens is 236 g/mol. The Morgan fingerprint density at radius 3 is 2.79 bits per heavy atom. The Labute approximate surface area is 117 Å². The summed E-state index contributed by atoms with van der Waals surface area (Å²) >= 11 is 0. The molecule has 1 fully saturated rings. The zero-order chi connectivity index (χ0) is 13.8. The van der Waals surface area contributed by atoms with Crippen molar-refractivity contribution in [2.75, 3.05) is 0 Å². The molecule has 0 bridgehead atoms. The molecule has 3 heteroatoms. The highest BCUT2D eigenvalue weighted by Gasteiger charge is 2.29. The van der Waals surface area contributed by atoms with Gasteiger partial charge in [-0.25, -0.2) is 0 Å². The number of aromatic nitrogens is 2. The van der Waals surface area contributed by atoms with Gasteiger partial charge in [0.05, 0.1) is 17.5 Å². The van der Waals surface area contributed by atoms with Gasteiger partial charge < -0.3 is 5.11 Å². The third kappa shape index (κ3) is 3.19. The van der Waals surface area contributed by atoms with Gasteiger partial charge in [0.2, 0.25) is 0 Å². The molecule has 2 rings (SSSR count). The van der Waals surface area contributed by atoms with Gasteiger partial charge in [-0.05, 0) is 44.1 Å². The summed E-state index contributed by atoms with van der Waals surface area (Å²) in [6.07, 6.45) is 6.80. The lowest BCUT2D eigenvalue weighted by molar-refractivity contribution is 0.0608. The molecule has 0 amide bonds. The van der Waals surface area contributed by atoms with Crippen LogP contribution in [-0.4, -0.2) is 14.9 Å². The van der Waals surface area contributed by atoms with E-state index in [0.717, 1.165) is 36.7 Å². The van der Waals surface area contributed by atoms with E-state index in [9.17, 15) is 5.11 Å². The predicted octanol–water partition coefficient (Wildman–Crippen LogP) is 3.72.